The van der Waals surface area contributed by atoms with Crippen molar-refractivity contribution >= 4 is 23.7 Å². The first-order valence-electron chi connectivity index (χ1n) is 9.51. The molecule has 0 spiro atoms. The van der Waals surface area contributed by atoms with E-state index in [-0.39, 0.29) is 0 Å². The van der Waals surface area contributed by atoms with Crippen LogP contribution in [0.3, 0.4) is 0 Å². The molecule has 1 aliphatic heterocycles. The summed E-state index contributed by atoms with van der Waals surface area (Å²) < 4.78 is 0. The highest BCUT2D eigenvalue weighted by atomic mass is 32.2. The molecule has 0 aromatic heterocycles. The Hall–Kier alpha value is -2.31. The Morgan fingerprint density at radius 2 is 1.39 bits per heavy atom. The van der Waals surface area contributed by atoms with Gasteiger partial charge in [0.05, 0.1) is 0 Å². The number of hydrogen-bond acceptors (Lipinski definition) is 4. The Morgan fingerprint density at radius 1 is 0.857 bits per heavy atom. The fourth-order valence-electron chi connectivity index (χ4n) is 3.11. The van der Waals surface area contributed by atoms with Crippen LogP contribution in [0.5, 0.6) is 0 Å². The number of rotatable bonds is 6. The molecule has 2 aromatic carbocycles. The van der Waals surface area contributed by atoms with E-state index in [0.717, 1.165) is 0 Å². The van der Waals surface area contributed by atoms with E-state index in [2.05, 4.69) is 65.6 Å². The van der Waals surface area contributed by atoms with Gasteiger partial charge < -0.3 is 15.1 Å². The summed E-state index contributed by atoms with van der Waals surface area (Å²) >= 11 is 2.00. The van der Waals surface area contributed by atoms with Crippen LogP contribution in [0.15, 0.2) is 65.6 Å². The normalized spacial score (nSPS) is 15.1. The predicted octanol–water partition coefficient (Wildman–Crippen LogP) is 4.55. The molecule has 0 aliphatic carbocycles. The summed E-state index contributed by atoms with van der Waals surface area (Å²) in [5.41, 5.74) is 1.45. The van der Waals surface area contributed by atoms with E-state index >= 15 is 0 Å². The van der Waals surface area contributed by atoms with Crippen molar-refractivity contribution in [2.45, 2.75) is 35.8 Å². The predicted molar refractivity (Wildman–Crippen MR) is 112 cm³/mol. The summed E-state index contributed by atoms with van der Waals surface area (Å²) in [6.45, 7) is 3.80. The van der Waals surface area contributed by atoms with Gasteiger partial charge in [0, 0.05) is 10.1 Å². The molecule has 3 rings (SSSR count). The minimum Gasteiger partial charge on any atom is -0.473 e. The van der Waals surface area contributed by atoms with Gasteiger partial charge in [-0.05, 0) is 56.6 Å². The summed E-state index contributed by atoms with van der Waals surface area (Å²) in [4.78, 5) is 22.2. The van der Waals surface area contributed by atoms with Crippen molar-refractivity contribution in [3.63, 3.8) is 0 Å². The topological polar surface area (TPSA) is 77.8 Å². The van der Waals surface area contributed by atoms with E-state index in [4.69, 9.17) is 19.8 Å². The lowest BCUT2D eigenvalue weighted by Gasteiger charge is -2.28. The first kappa shape index (κ1) is 22.0. The van der Waals surface area contributed by atoms with Crippen LogP contribution in [-0.2, 0) is 9.59 Å². The highest BCUT2D eigenvalue weighted by Crippen LogP contribution is 2.37. The van der Waals surface area contributed by atoms with Gasteiger partial charge in [-0.2, -0.15) is 0 Å². The molecule has 5 nitrogen and oxygen atoms in total. The third-order valence-corrected chi connectivity index (χ3v) is 5.87. The molecule has 6 heteroatoms. The van der Waals surface area contributed by atoms with Gasteiger partial charge in [-0.3, -0.25) is 0 Å². The van der Waals surface area contributed by atoms with Crippen molar-refractivity contribution in [3.8, 4) is 0 Å². The lowest BCUT2D eigenvalue weighted by molar-refractivity contribution is -0.159. The summed E-state index contributed by atoms with van der Waals surface area (Å²) in [6, 6.07) is 21.8. The number of benzene rings is 2. The van der Waals surface area contributed by atoms with Crippen LogP contribution in [0.1, 0.15) is 36.5 Å². The van der Waals surface area contributed by atoms with E-state index in [1.165, 1.54) is 55.8 Å². The number of piperidine rings is 1. The molecule has 28 heavy (non-hydrogen) atoms. The second-order valence-corrected chi connectivity index (χ2v) is 7.91. The van der Waals surface area contributed by atoms with E-state index in [1.54, 1.807) is 0 Å². The van der Waals surface area contributed by atoms with Gasteiger partial charge in [-0.1, -0.05) is 55.0 Å². The Balaban J connectivity index is 0.000000409. The van der Waals surface area contributed by atoms with Crippen molar-refractivity contribution in [1.82, 2.24) is 4.90 Å². The van der Waals surface area contributed by atoms with Crippen LogP contribution in [0.25, 0.3) is 0 Å². The van der Waals surface area contributed by atoms with E-state index in [9.17, 15) is 0 Å². The Kier molecular flexibility index (Phi) is 9.59. The van der Waals surface area contributed by atoms with Crippen LogP contribution < -0.4 is 0 Å². The van der Waals surface area contributed by atoms with Gasteiger partial charge in [0.2, 0.25) is 0 Å². The van der Waals surface area contributed by atoms with Crippen LogP contribution in [0.2, 0.25) is 0 Å². The lowest BCUT2D eigenvalue weighted by atomic mass is 10.1. The molecule has 1 heterocycles. The molecule has 2 aromatic rings. The van der Waals surface area contributed by atoms with Crippen molar-refractivity contribution < 1.29 is 19.8 Å². The van der Waals surface area contributed by atoms with Crippen LogP contribution >= 0.6 is 11.8 Å². The highest BCUT2D eigenvalue weighted by Gasteiger charge is 2.16. The van der Waals surface area contributed by atoms with Gasteiger partial charge in [-0.15, -0.1) is 11.8 Å². The minimum atomic E-state index is -1.82. The van der Waals surface area contributed by atoms with Gasteiger partial charge in [-0.25, -0.2) is 9.59 Å². The van der Waals surface area contributed by atoms with Gasteiger partial charge in [0.25, 0.3) is 0 Å². The summed E-state index contributed by atoms with van der Waals surface area (Å²) in [6.07, 6.45) is 5.39. The van der Waals surface area contributed by atoms with Crippen LogP contribution in [0, 0.1) is 0 Å². The molecule has 0 saturated carbocycles. The summed E-state index contributed by atoms with van der Waals surface area (Å²) in [7, 11) is 0. The number of carbonyl (C=O) groups is 2. The van der Waals surface area contributed by atoms with Crippen molar-refractivity contribution in [1.29, 1.82) is 0 Å². The number of carboxylic acids is 2. The lowest BCUT2D eigenvalue weighted by Crippen LogP contribution is -2.31. The van der Waals surface area contributed by atoms with Crippen molar-refractivity contribution in [2.75, 3.05) is 19.6 Å². The van der Waals surface area contributed by atoms with E-state index in [0.29, 0.717) is 5.25 Å². The minimum absolute atomic E-state index is 0.547. The maximum absolute atomic E-state index is 9.10. The highest BCUT2D eigenvalue weighted by molar-refractivity contribution is 7.99. The van der Waals surface area contributed by atoms with Gasteiger partial charge >= 0.3 is 11.9 Å². The number of aliphatic carboxylic acids is 2. The summed E-state index contributed by atoms with van der Waals surface area (Å²) in [5, 5.41) is 15.3. The second-order valence-electron chi connectivity index (χ2n) is 6.63. The molecule has 150 valence electrons. The zero-order valence-electron chi connectivity index (χ0n) is 15.9. The van der Waals surface area contributed by atoms with Crippen LogP contribution in [0.4, 0.5) is 0 Å². The Morgan fingerprint density at radius 3 is 1.93 bits per heavy atom. The first-order valence-corrected chi connectivity index (χ1v) is 10.4. The average Bonchev–Trinajstić information content (AvgIpc) is 2.73. The molecule has 0 amide bonds. The molecule has 2 N–H and O–H groups in total. The molecule has 0 radical (unpaired) electrons. The third-order valence-electron chi connectivity index (χ3n) is 4.53. The smallest absolute Gasteiger partial charge is 0.414 e. The number of likely N-dealkylation sites (tertiary alicyclic amines) is 1. The van der Waals surface area contributed by atoms with Gasteiger partial charge in [0.15, 0.2) is 0 Å². The zero-order valence-corrected chi connectivity index (χ0v) is 16.7. The quantitative estimate of drug-likeness (QED) is 0.546. The second kappa shape index (κ2) is 12.2. The van der Waals surface area contributed by atoms with Crippen molar-refractivity contribution in [3.05, 3.63) is 66.2 Å². The molecule has 1 atom stereocenters. The number of thioether (sulfide) groups is 1. The molecule has 0 bridgehead atoms. The molecule has 1 unspecified atom stereocenters. The fraction of sp³-hybridized carbons (Fsp3) is 0.364. The van der Waals surface area contributed by atoms with Crippen molar-refractivity contribution in [2.24, 2.45) is 0 Å². The first-order chi connectivity index (χ1) is 13.6. The molecular weight excluding hydrogens is 374 g/mol. The molecule has 1 aliphatic rings. The molecule has 1 fully saturated rings. The monoisotopic (exact) mass is 401 g/mol. The maximum Gasteiger partial charge on any atom is 0.414 e. The summed E-state index contributed by atoms with van der Waals surface area (Å²) in [5.74, 6) is -3.65. The standard InChI is InChI=1S/C20H25NS.C2H2O4/c1-4-10-18(11-5-1)20(22-19-12-6-2-7-13-19)14-17-21-15-8-3-9-16-21;3-1(4)2(5)6/h1-2,4-7,10-13,20H,3,8-9,14-17H2;(H,3,4)(H,5,6). The third kappa shape index (κ3) is 8.15. The number of hydrogen-bond donors (Lipinski definition) is 2. The number of carboxylic acid groups (broad SMARTS) is 2. The fourth-order valence-corrected chi connectivity index (χ4v) is 4.27. The Bertz CT molecular complexity index is 706. The van der Waals surface area contributed by atoms with Crippen LogP contribution in [-0.4, -0.2) is 46.7 Å². The largest absolute Gasteiger partial charge is 0.473 e. The Labute approximate surface area is 170 Å². The maximum atomic E-state index is 9.10. The van der Waals surface area contributed by atoms with E-state index < -0.39 is 11.9 Å². The zero-order chi connectivity index (χ0) is 20.2. The van der Waals surface area contributed by atoms with E-state index in [1.807, 2.05) is 11.8 Å². The number of nitrogens with zero attached hydrogens (tertiary/aromatic N) is 1. The SMILES string of the molecule is O=C(O)C(=O)O.c1ccc(SC(CCN2CCCCC2)c2ccccc2)cc1. The molecular formula is C22H27NO4S. The van der Waals surface area contributed by atoms with Gasteiger partial charge in [0.1, 0.15) is 0 Å². The average molecular weight is 402 g/mol. The molecule has 1 saturated heterocycles.